The van der Waals surface area contributed by atoms with Gasteiger partial charge in [0.1, 0.15) is 5.69 Å². The van der Waals surface area contributed by atoms with E-state index in [1.54, 1.807) is 11.3 Å². The van der Waals surface area contributed by atoms with Gasteiger partial charge in [-0.15, -0.1) is 11.3 Å². The third-order valence-electron chi connectivity index (χ3n) is 3.18. The molecule has 0 N–H and O–H groups in total. The van der Waals surface area contributed by atoms with Crippen molar-refractivity contribution in [2.75, 3.05) is 18.5 Å². The van der Waals surface area contributed by atoms with Crippen LogP contribution in [0.25, 0.3) is 0 Å². The van der Waals surface area contributed by atoms with Crippen molar-refractivity contribution in [3.63, 3.8) is 0 Å². The summed E-state index contributed by atoms with van der Waals surface area (Å²) < 4.78 is 0. The second-order valence-electron chi connectivity index (χ2n) is 4.67. The number of unbranched alkanes of at least 4 members (excludes halogenated alkanes) is 2. The molecule has 17 heavy (non-hydrogen) atoms. The summed E-state index contributed by atoms with van der Waals surface area (Å²) in [6.07, 6.45) is 6.39. The number of fused-ring (bicyclic) bond motifs is 1. The average Bonchev–Trinajstić information content (AvgIpc) is 2.75. The van der Waals surface area contributed by atoms with Crippen LogP contribution in [0.1, 0.15) is 54.4 Å². The van der Waals surface area contributed by atoms with Crippen LogP contribution in [0, 0.1) is 0 Å². The first-order valence-corrected chi connectivity index (χ1v) is 7.28. The fraction of sp³-hybridized carbons (Fsp3) is 0.692. The second-order valence-corrected chi connectivity index (χ2v) is 5.74. The van der Waals surface area contributed by atoms with Crippen molar-refractivity contribution in [1.29, 1.82) is 0 Å². The zero-order valence-electron chi connectivity index (χ0n) is 10.7. The number of nitrogens with zero attached hydrogens (tertiary/aromatic N) is 2. The van der Waals surface area contributed by atoms with Crippen molar-refractivity contribution in [2.45, 2.75) is 45.4 Å². The van der Waals surface area contributed by atoms with Crippen LogP contribution in [-0.2, 0) is 6.42 Å². The van der Waals surface area contributed by atoms with E-state index in [1.165, 1.54) is 24.1 Å². The summed E-state index contributed by atoms with van der Waals surface area (Å²) >= 11 is 1.70. The molecule has 94 valence electrons. The topological polar surface area (TPSA) is 33.2 Å². The Balaban J connectivity index is 2.04. The number of ketones is 1. The fourth-order valence-corrected chi connectivity index (χ4v) is 3.22. The van der Waals surface area contributed by atoms with Crippen molar-refractivity contribution < 1.29 is 4.79 Å². The molecule has 0 fully saturated rings. The SMILES string of the molecule is CCCCCN(C)c1nc2c(s1)CCCC2=O. The van der Waals surface area contributed by atoms with E-state index in [0.717, 1.165) is 30.2 Å². The number of carbonyl (C=O) groups excluding carboxylic acids is 1. The maximum absolute atomic E-state index is 11.7. The van der Waals surface area contributed by atoms with E-state index in [4.69, 9.17) is 0 Å². The van der Waals surface area contributed by atoms with Gasteiger partial charge >= 0.3 is 0 Å². The normalized spacial score (nSPS) is 14.8. The quantitative estimate of drug-likeness (QED) is 0.754. The van der Waals surface area contributed by atoms with E-state index in [1.807, 2.05) is 0 Å². The van der Waals surface area contributed by atoms with Crippen molar-refractivity contribution in [3.05, 3.63) is 10.6 Å². The van der Waals surface area contributed by atoms with Gasteiger partial charge in [0.15, 0.2) is 10.9 Å². The summed E-state index contributed by atoms with van der Waals surface area (Å²) in [7, 11) is 2.07. The van der Waals surface area contributed by atoms with E-state index in [0.29, 0.717) is 6.42 Å². The van der Waals surface area contributed by atoms with Gasteiger partial charge in [0, 0.05) is 24.9 Å². The minimum atomic E-state index is 0.232. The van der Waals surface area contributed by atoms with Gasteiger partial charge in [0.25, 0.3) is 0 Å². The first kappa shape index (κ1) is 12.6. The highest BCUT2D eigenvalue weighted by Crippen LogP contribution is 2.31. The monoisotopic (exact) mass is 252 g/mol. The predicted molar refractivity (Wildman–Crippen MR) is 72.2 cm³/mol. The van der Waals surface area contributed by atoms with E-state index >= 15 is 0 Å². The van der Waals surface area contributed by atoms with E-state index in [-0.39, 0.29) is 5.78 Å². The summed E-state index contributed by atoms with van der Waals surface area (Å²) in [5.74, 6) is 0.232. The summed E-state index contributed by atoms with van der Waals surface area (Å²) in [4.78, 5) is 19.6. The maximum Gasteiger partial charge on any atom is 0.185 e. The lowest BCUT2D eigenvalue weighted by Gasteiger charge is -2.14. The zero-order chi connectivity index (χ0) is 12.3. The highest BCUT2D eigenvalue weighted by Gasteiger charge is 2.23. The number of aromatic nitrogens is 1. The van der Waals surface area contributed by atoms with Gasteiger partial charge in [-0.25, -0.2) is 4.98 Å². The van der Waals surface area contributed by atoms with Gasteiger partial charge in [0.05, 0.1) is 0 Å². The smallest absolute Gasteiger partial charge is 0.185 e. The fourth-order valence-electron chi connectivity index (χ4n) is 2.11. The molecule has 0 aliphatic heterocycles. The molecule has 0 bridgehead atoms. The number of hydrogen-bond donors (Lipinski definition) is 0. The van der Waals surface area contributed by atoms with Crippen LogP contribution in [0.3, 0.4) is 0 Å². The Morgan fingerprint density at radius 2 is 2.18 bits per heavy atom. The van der Waals surface area contributed by atoms with Crippen LogP contribution in [0.2, 0.25) is 0 Å². The number of rotatable bonds is 5. The third-order valence-corrected chi connectivity index (χ3v) is 4.41. The van der Waals surface area contributed by atoms with Gasteiger partial charge in [-0.05, 0) is 19.3 Å². The molecule has 1 heterocycles. The largest absolute Gasteiger partial charge is 0.351 e. The maximum atomic E-state index is 11.7. The molecule has 3 nitrogen and oxygen atoms in total. The molecular formula is C13H20N2OS. The molecule has 1 aromatic rings. The first-order valence-electron chi connectivity index (χ1n) is 6.46. The molecule has 1 aromatic heterocycles. The van der Waals surface area contributed by atoms with Crippen LogP contribution in [0.5, 0.6) is 0 Å². The summed E-state index contributed by atoms with van der Waals surface area (Å²) in [5, 5.41) is 1.02. The average molecular weight is 252 g/mol. The highest BCUT2D eigenvalue weighted by molar-refractivity contribution is 7.16. The molecule has 0 radical (unpaired) electrons. The lowest BCUT2D eigenvalue weighted by atomic mass is 10.0. The molecule has 0 atom stereocenters. The molecular weight excluding hydrogens is 232 g/mol. The Hall–Kier alpha value is -0.900. The molecule has 0 saturated heterocycles. The van der Waals surface area contributed by atoms with Crippen molar-refractivity contribution >= 4 is 22.3 Å². The van der Waals surface area contributed by atoms with Gasteiger partial charge in [-0.2, -0.15) is 0 Å². The number of aryl methyl sites for hydroxylation is 1. The molecule has 0 unspecified atom stereocenters. The molecule has 0 aromatic carbocycles. The van der Waals surface area contributed by atoms with Crippen LogP contribution in [-0.4, -0.2) is 24.4 Å². The van der Waals surface area contributed by atoms with E-state index in [2.05, 4.69) is 23.9 Å². The Kier molecular flexibility index (Phi) is 4.15. The lowest BCUT2D eigenvalue weighted by molar-refractivity contribution is 0.0968. The van der Waals surface area contributed by atoms with Gasteiger partial charge in [-0.1, -0.05) is 19.8 Å². The van der Waals surface area contributed by atoms with E-state index < -0.39 is 0 Å². The van der Waals surface area contributed by atoms with Gasteiger partial charge in [-0.3, -0.25) is 4.79 Å². The Morgan fingerprint density at radius 3 is 2.88 bits per heavy atom. The Morgan fingerprint density at radius 1 is 1.35 bits per heavy atom. The molecule has 2 rings (SSSR count). The molecule has 1 aliphatic carbocycles. The summed E-state index contributed by atoms with van der Waals surface area (Å²) in [6, 6.07) is 0. The van der Waals surface area contributed by atoms with Crippen LogP contribution >= 0.6 is 11.3 Å². The molecule has 4 heteroatoms. The predicted octanol–water partition coefficient (Wildman–Crippen LogP) is 3.29. The summed E-state index contributed by atoms with van der Waals surface area (Å²) in [6.45, 7) is 3.25. The Labute approximate surface area is 107 Å². The lowest BCUT2D eigenvalue weighted by Crippen LogP contribution is -2.18. The number of anilines is 1. The van der Waals surface area contributed by atoms with Gasteiger partial charge in [0.2, 0.25) is 0 Å². The summed E-state index contributed by atoms with van der Waals surface area (Å²) in [5.41, 5.74) is 0.749. The van der Waals surface area contributed by atoms with Crippen molar-refractivity contribution in [1.82, 2.24) is 4.98 Å². The first-order chi connectivity index (χ1) is 8.22. The number of thiazole rings is 1. The van der Waals surface area contributed by atoms with Crippen LogP contribution in [0.4, 0.5) is 5.13 Å². The third kappa shape index (κ3) is 2.86. The van der Waals surface area contributed by atoms with Crippen molar-refractivity contribution in [2.24, 2.45) is 0 Å². The minimum Gasteiger partial charge on any atom is -0.351 e. The minimum absolute atomic E-state index is 0.232. The number of hydrogen-bond acceptors (Lipinski definition) is 4. The highest BCUT2D eigenvalue weighted by atomic mass is 32.1. The molecule has 0 amide bonds. The van der Waals surface area contributed by atoms with Crippen molar-refractivity contribution in [3.8, 4) is 0 Å². The molecule has 0 spiro atoms. The standard InChI is InChI=1S/C13H20N2OS/c1-3-4-5-9-15(2)13-14-12-10(16)7-6-8-11(12)17-13/h3-9H2,1-2H3. The van der Waals surface area contributed by atoms with Crippen LogP contribution in [0.15, 0.2) is 0 Å². The van der Waals surface area contributed by atoms with Crippen LogP contribution < -0.4 is 4.90 Å². The van der Waals surface area contributed by atoms with E-state index in [9.17, 15) is 4.79 Å². The second kappa shape index (κ2) is 5.63. The number of carbonyl (C=O) groups is 1. The van der Waals surface area contributed by atoms with Gasteiger partial charge < -0.3 is 4.90 Å². The zero-order valence-corrected chi connectivity index (χ0v) is 11.5. The molecule has 0 saturated carbocycles. The Bertz CT molecular complexity index is 400. The number of Topliss-reactive ketones (excluding diaryl/α,β-unsaturated/α-hetero) is 1. The molecule has 1 aliphatic rings.